The molecule has 0 aliphatic carbocycles. The van der Waals surface area contributed by atoms with Crippen LogP contribution in [0.1, 0.15) is 13.8 Å². The molecule has 2 nitrogen and oxygen atoms in total. The maximum atomic E-state index is 5.99. The molecular formula is C13H16ClNO. The largest absolute Gasteiger partial charge is 0.377 e. The van der Waals surface area contributed by atoms with Gasteiger partial charge in [-0.3, -0.25) is 0 Å². The standard InChI is InChI=1S/C13H16ClNO/c1-10(2)16-8-7-15-6-5-11-3-4-12(14)9-13(11)15/h3-6,9-10H,7-8H2,1-2H3. The smallest absolute Gasteiger partial charge is 0.0649 e. The molecule has 1 aromatic carbocycles. The van der Waals surface area contributed by atoms with Gasteiger partial charge in [0.2, 0.25) is 0 Å². The van der Waals surface area contributed by atoms with E-state index in [1.807, 2.05) is 32.0 Å². The van der Waals surface area contributed by atoms with Crippen molar-refractivity contribution in [3.05, 3.63) is 35.5 Å². The molecular weight excluding hydrogens is 222 g/mol. The Hall–Kier alpha value is -0.990. The third-order valence-corrected chi connectivity index (χ3v) is 2.75. The fourth-order valence-electron chi connectivity index (χ4n) is 1.74. The first kappa shape index (κ1) is 11.5. The molecule has 1 aromatic heterocycles. The Balaban J connectivity index is 2.15. The van der Waals surface area contributed by atoms with Gasteiger partial charge in [0.25, 0.3) is 0 Å². The Bertz CT molecular complexity index is 476. The summed E-state index contributed by atoms with van der Waals surface area (Å²) >= 11 is 5.99. The highest BCUT2D eigenvalue weighted by atomic mass is 35.5. The van der Waals surface area contributed by atoms with Gasteiger partial charge in [-0.2, -0.15) is 0 Å². The van der Waals surface area contributed by atoms with Gasteiger partial charge < -0.3 is 9.30 Å². The lowest BCUT2D eigenvalue weighted by Gasteiger charge is -2.09. The molecule has 0 fully saturated rings. The van der Waals surface area contributed by atoms with Crippen LogP contribution in [0.3, 0.4) is 0 Å². The number of ether oxygens (including phenoxy) is 1. The number of halogens is 1. The van der Waals surface area contributed by atoms with Crippen LogP contribution in [0.4, 0.5) is 0 Å². The van der Waals surface area contributed by atoms with Gasteiger partial charge in [0.15, 0.2) is 0 Å². The van der Waals surface area contributed by atoms with Crippen molar-refractivity contribution in [3.8, 4) is 0 Å². The second kappa shape index (κ2) is 4.89. The molecule has 0 saturated heterocycles. The Morgan fingerprint density at radius 1 is 1.31 bits per heavy atom. The normalized spacial score (nSPS) is 11.5. The number of hydrogen-bond donors (Lipinski definition) is 0. The first-order chi connectivity index (χ1) is 7.66. The van der Waals surface area contributed by atoms with Crippen molar-refractivity contribution in [3.63, 3.8) is 0 Å². The van der Waals surface area contributed by atoms with Gasteiger partial charge in [-0.1, -0.05) is 17.7 Å². The van der Waals surface area contributed by atoms with Gasteiger partial charge in [-0.25, -0.2) is 0 Å². The number of benzene rings is 1. The van der Waals surface area contributed by atoms with E-state index in [4.69, 9.17) is 16.3 Å². The van der Waals surface area contributed by atoms with Crippen molar-refractivity contribution >= 4 is 22.5 Å². The van der Waals surface area contributed by atoms with E-state index in [0.29, 0.717) is 0 Å². The highest BCUT2D eigenvalue weighted by molar-refractivity contribution is 6.31. The Labute approximate surface area is 101 Å². The van der Waals surface area contributed by atoms with Crippen molar-refractivity contribution in [1.29, 1.82) is 0 Å². The molecule has 0 radical (unpaired) electrons. The molecule has 0 spiro atoms. The number of fused-ring (bicyclic) bond motifs is 1. The van der Waals surface area contributed by atoms with E-state index < -0.39 is 0 Å². The first-order valence-corrected chi connectivity index (χ1v) is 5.90. The Kier molecular flexibility index (Phi) is 3.52. The minimum absolute atomic E-state index is 0.283. The maximum absolute atomic E-state index is 5.99. The second-order valence-corrected chi connectivity index (χ2v) is 4.57. The van der Waals surface area contributed by atoms with Crippen molar-refractivity contribution in [2.24, 2.45) is 0 Å². The van der Waals surface area contributed by atoms with E-state index in [0.717, 1.165) is 18.2 Å². The van der Waals surface area contributed by atoms with E-state index in [9.17, 15) is 0 Å². The molecule has 0 N–H and O–H groups in total. The van der Waals surface area contributed by atoms with Crippen molar-refractivity contribution < 1.29 is 4.74 Å². The molecule has 2 rings (SSSR count). The maximum Gasteiger partial charge on any atom is 0.0649 e. The molecule has 16 heavy (non-hydrogen) atoms. The second-order valence-electron chi connectivity index (χ2n) is 4.13. The van der Waals surface area contributed by atoms with Gasteiger partial charge in [0.1, 0.15) is 0 Å². The summed E-state index contributed by atoms with van der Waals surface area (Å²) in [5.74, 6) is 0. The molecule has 1 heterocycles. The predicted octanol–water partition coefficient (Wildman–Crippen LogP) is 3.72. The lowest BCUT2D eigenvalue weighted by molar-refractivity contribution is 0.0733. The summed E-state index contributed by atoms with van der Waals surface area (Å²) in [6.45, 7) is 5.69. The van der Waals surface area contributed by atoms with Gasteiger partial charge in [0, 0.05) is 23.3 Å². The topological polar surface area (TPSA) is 14.2 Å². The minimum atomic E-state index is 0.283. The Morgan fingerprint density at radius 2 is 2.12 bits per heavy atom. The molecule has 0 aliphatic heterocycles. The zero-order chi connectivity index (χ0) is 11.5. The highest BCUT2D eigenvalue weighted by Gasteiger charge is 2.02. The van der Waals surface area contributed by atoms with Crippen molar-refractivity contribution in [2.45, 2.75) is 26.5 Å². The van der Waals surface area contributed by atoms with Crippen LogP contribution >= 0.6 is 11.6 Å². The van der Waals surface area contributed by atoms with Gasteiger partial charge >= 0.3 is 0 Å². The lowest BCUT2D eigenvalue weighted by Crippen LogP contribution is -2.09. The average molecular weight is 238 g/mol. The molecule has 2 aromatic rings. The van der Waals surface area contributed by atoms with Crippen molar-refractivity contribution in [1.82, 2.24) is 4.57 Å². The fourth-order valence-corrected chi connectivity index (χ4v) is 1.91. The van der Waals surface area contributed by atoms with Crippen LogP contribution in [0.15, 0.2) is 30.5 Å². The fraction of sp³-hybridized carbons (Fsp3) is 0.385. The van der Waals surface area contributed by atoms with Gasteiger partial charge in [0.05, 0.1) is 12.7 Å². The molecule has 0 bridgehead atoms. The van der Waals surface area contributed by atoms with Crippen LogP contribution in [-0.2, 0) is 11.3 Å². The Morgan fingerprint density at radius 3 is 2.88 bits per heavy atom. The quantitative estimate of drug-likeness (QED) is 0.791. The van der Waals surface area contributed by atoms with Crippen LogP contribution in [0.25, 0.3) is 10.9 Å². The van der Waals surface area contributed by atoms with Crippen LogP contribution < -0.4 is 0 Å². The summed E-state index contributed by atoms with van der Waals surface area (Å²) in [6.07, 6.45) is 2.36. The van der Waals surface area contributed by atoms with E-state index in [2.05, 4.69) is 16.8 Å². The van der Waals surface area contributed by atoms with Crippen LogP contribution in [0.5, 0.6) is 0 Å². The molecule has 3 heteroatoms. The molecule has 86 valence electrons. The van der Waals surface area contributed by atoms with Crippen LogP contribution in [-0.4, -0.2) is 17.3 Å². The summed E-state index contributed by atoms with van der Waals surface area (Å²) in [5, 5.41) is 1.99. The SMILES string of the molecule is CC(C)OCCn1ccc2ccc(Cl)cc21. The average Bonchev–Trinajstić information content (AvgIpc) is 2.60. The zero-order valence-corrected chi connectivity index (χ0v) is 10.4. The molecule has 0 saturated carbocycles. The van der Waals surface area contributed by atoms with E-state index in [-0.39, 0.29) is 6.10 Å². The van der Waals surface area contributed by atoms with Gasteiger partial charge in [-0.05, 0) is 37.4 Å². The highest BCUT2D eigenvalue weighted by Crippen LogP contribution is 2.20. The third kappa shape index (κ3) is 2.57. The summed E-state index contributed by atoms with van der Waals surface area (Å²) < 4.78 is 7.71. The number of nitrogens with zero attached hydrogens (tertiary/aromatic N) is 1. The number of rotatable bonds is 4. The zero-order valence-electron chi connectivity index (χ0n) is 9.61. The van der Waals surface area contributed by atoms with Crippen LogP contribution in [0.2, 0.25) is 5.02 Å². The first-order valence-electron chi connectivity index (χ1n) is 5.53. The van der Waals surface area contributed by atoms with E-state index in [1.54, 1.807) is 0 Å². The summed E-state index contributed by atoms with van der Waals surface area (Å²) in [6, 6.07) is 8.05. The third-order valence-electron chi connectivity index (χ3n) is 2.52. The van der Waals surface area contributed by atoms with Crippen molar-refractivity contribution in [2.75, 3.05) is 6.61 Å². The minimum Gasteiger partial charge on any atom is -0.377 e. The van der Waals surface area contributed by atoms with Crippen LogP contribution in [0, 0.1) is 0 Å². The molecule has 0 aliphatic rings. The lowest BCUT2D eigenvalue weighted by atomic mass is 10.2. The molecule has 0 amide bonds. The monoisotopic (exact) mass is 237 g/mol. The summed E-state index contributed by atoms with van der Waals surface area (Å²) in [5.41, 5.74) is 1.17. The number of aromatic nitrogens is 1. The van der Waals surface area contributed by atoms with E-state index in [1.165, 1.54) is 10.9 Å². The molecule has 0 unspecified atom stereocenters. The number of hydrogen-bond acceptors (Lipinski definition) is 1. The molecule has 0 atom stereocenters. The van der Waals surface area contributed by atoms with Gasteiger partial charge in [-0.15, -0.1) is 0 Å². The summed E-state index contributed by atoms with van der Waals surface area (Å²) in [4.78, 5) is 0. The van der Waals surface area contributed by atoms with E-state index >= 15 is 0 Å². The summed E-state index contributed by atoms with van der Waals surface area (Å²) in [7, 11) is 0. The predicted molar refractivity (Wildman–Crippen MR) is 68.0 cm³/mol.